The van der Waals surface area contributed by atoms with E-state index in [1.807, 2.05) is 36.4 Å². The Kier molecular flexibility index (Phi) is 5.02. The number of aliphatic hydroxyl groups is 1. The monoisotopic (exact) mass is 289 g/mol. The molecule has 0 saturated heterocycles. The predicted octanol–water partition coefficient (Wildman–Crippen LogP) is 2.51. The first-order chi connectivity index (χ1) is 10.1. The summed E-state index contributed by atoms with van der Waals surface area (Å²) in [6.45, 7) is 4.14. The maximum absolute atomic E-state index is 12.5. The van der Waals surface area contributed by atoms with Gasteiger partial charge in [-0.15, -0.1) is 0 Å². The van der Waals surface area contributed by atoms with Crippen molar-refractivity contribution in [3.63, 3.8) is 0 Å². The summed E-state index contributed by atoms with van der Waals surface area (Å²) in [5, 5.41) is 9.81. The number of rotatable bonds is 6. The van der Waals surface area contributed by atoms with Crippen molar-refractivity contribution in [3.05, 3.63) is 47.7 Å². The number of nitrogens with zero attached hydrogens (tertiary/aromatic N) is 1. The van der Waals surface area contributed by atoms with E-state index in [-0.39, 0.29) is 24.6 Å². The van der Waals surface area contributed by atoms with E-state index in [0.717, 1.165) is 12.0 Å². The Morgan fingerprint density at radius 3 is 2.48 bits per heavy atom. The average molecular weight is 289 g/mol. The van der Waals surface area contributed by atoms with Crippen LogP contribution in [0.1, 0.15) is 31.9 Å². The number of aliphatic hydroxyl groups excluding tert-OH is 1. The van der Waals surface area contributed by atoms with Crippen molar-refractivity contribution in [3.8, 4) is 0 Å². The minimum Gasteiger partial charge on any atom is -0.491 e. The van der Waals surface area contributed by atoms with Crippen LogP contribution >= 0.6 is 0 Å². The SMILES string of the molecule is COC1=CC(CC(C)C)N([C@H](CO)c2ccccc2)C1=O. The fourth-order valence-electron chi connectivity index (χ4n) is 2.83. The van der Waals surface area contributed by atoms with Crippen molar-refractivity contribution >= 4 is 5.91 Å². The van der Waals surface area contributed by atoms with Crippen LogP contribution in [0.3, 0.4) is 0 Å². The standard InChI is InChI=1S/C17H23NO3/c1-12(2)9-14-10-16(21-3)17(20)18(14)15(11-19)13-7-5-4-6-8-13/h4-8,10,12,14-15,19H,9,11H2,1-3H3/t14?,15-/m1/s1. The van der Waals surface area contributed by atoms with Gasteiger partial charge < -0.3 is 14.7 Å². The van der Waals surface area contributed by atoms with Crippen molar-refractivity contribution in [2.75, 3.05) is 13.7 Å². The third-order valence-electron chi connectivity index (χ3n) is 3.77. The predicted molar refractivity (Wildman–Crippen MR) is 81.4 cm³/mol. The molecule has 0 bridgehead atoms. The number of ether oxygens (including phenoxy) is 1. The minimum atomic E-state index is -0.341. The molecular formula is C17H23NO3. The first-order valence-corrected chi connectivity index (χ1v) is 7.32. The van der Waals surface area contributed by atoms with Crippen molar-refractivity contribution in [2.24, 2.45) is 5.92 Å². The molecule has 1 aromatic carbocycles. The lowest BCUT2D eigenvalue weighted by Crippen LogP contribution is -2.40. The Morgan fingerprint density at radius 2 is 1.95 bits per heavy atom. The molecule has 21 heavy (non-hydrogen) atoms. The average Bonchev–Trinajstić information content (AvgIpc) is 2.77. The van der Waals surface area contributed by atoms with Crippen LogP contribution in [0, 0.1) is 5.92 Å². The summed E-state index contributed by atoms with van der Waals surface area (Å²) in [4.78, 5) is 14.3. The third kappa shape index (κ3) is 3.27. The Labute approximate surface area is 126 Å². The summed E-state index contributed by atoms with van der Waals surface area (Å²) in [6, 6.07) is 9.25. The van der Waals surface area contributed by atoms with E-state index in [1.54, 1.807) is 4.90 Å². The molecule has 0 saturated carbocycles. The molecule has 1 unspecified atom stereocenters. The van der Waals surface area contributed by atoms with E-state index in [9.17, 15) is 9.90 Å². The number of methoxy groups -OCH3 is 1. The van der Waals surface area contributed by atoms with Crippen molar-refractivity contribution in [1.82, 2.24) is 4.90 Å². The van der Waals surface area contributed by atoms with Crippen LogP contribution in [-0.2, 0) is 9.53 Å². The number of carbonyl (C=O) groups excluding carboxylic acids is 1. The third-order valence-corrected chi connectivity index (χ3v) is 3.77. The van der Waals surface area contributed by atoms with Gasteiger partial charge in [0.05, 0.1) is 25.8 Å². The normalized spacial score (nSPS) is 19.9. The van der Waals surface area contributed by atoms with E-state index in [4.69, 9.17) is 4.74 Å². The molecule has 114 valence electrons. The molecule has 1 aromatic rings. The number of amides is 1. The molecule has 1 aliphatic rings. The maximum atomic E-state index is 12.5. The Bertz CT molecular complexity index is 510. The minimum absolute atomic E-state index is 0.0372. The van der Waals surface area contributed by atoms with E-state index < -0.39 is 0 Å². The second-order valence-electron chi connectivity index (χ2n) is 5.75. The largest absolute Gasteiger partial charge is 0.491 e. The van der Waals surface area contributed by atoms with Gasteiger partial charge in [0.25, 0.3) is 5.91 Å². The van der Waals surface area contributed by atoms with Gasteiger partial charge in [0, 0.05) is 0 Å². The Morgan fingerprint density at radius 1 is 1.29 bits per heavy atom. The smallest absolute Gasteiger partial charge is 0.289 e. The number of carbonyl (C=O) groups is 1. The van der Waals surface area contributed by atoms with Gasteiger partial charge in [-0.2, -0.15) is 0 Å². The molecule has 1 aliphatic heterocycles. The zero-order valence-electron chi connectivity index (χ0n) is 12.8. The van der Waals surface area contributed by atoms with E-state index in [0.29, 0.717) is 11.7 Å². The number of hydrogen-bond donors (Lipinski definition) is 1. The highest BCUT2D eigenvalue weighted by molar-refractivity contribution is 5.94. The number of benzene rings is 1. The van der Waals surface area contributed by atoms with Gasteiger partial charge in [-0.3, -0.25) is 4.79 Å². The van der Waals surface area contributed by atoms with Crippen molar-refractivity contribution < 1.29 is 14.6 Å². The Balaban J connectivity index is 2.31. The van der Waals surface area contributed by atoms with Gasteiger partial charge >= 0.3 is 0 Å². The molecule has 1 heterocycles. The zero-order valence-corrected chi connectivity index (χ0v) is 12.8. The number of hydrogen-bond acceptors (Lipinski definition) is 3. The fraction of sp³-hybridized carbons (Fsp3) is 0.471. The van der Waals surface area contributed by atoms with Gasteiger partial charge in [-0.1, -0.05) is 44.2 Å². The summed E-state index contributed by atoms with van der Waals surface area (Å²) >= 11 is 0. The summed E-state index contributed by atoms with van der Waals surface area (Å²) in [5.74, 6) is 0.675. The van der Waals surface area contributed by atoms with Gasteiger partial charge in [-0.05, 0) is 24.0 Å². The molecule has 0 aromatic heterocycles. The maximum Gasteiger partial charge on any atom is 0.289 e. The quantitative estimate of drug-likeness (QED) is 0.875. The molecule has 4 heteroatoms. The molecule has 4 nitrogen and oxygen atoms in total. The summed E-state index contributed by atoms with van der Waals surface area (Å²) in [7, 11) is 1.51. The first-order valence-electron chi connectivity index (χ1n) is 7.32. The highest BCUT2D eigenvalue weighted by Crippen LogP contribution is 2.32. The van der Waals surface area contributed by atoms with Gasteiger partial charge in [0.2, 0.25) is 0 Å². The molecule has 2 rings (SSSR count). The second-order valence-corrected chi connectivity index (χ2v) is 5.75. The first kappa shape index (κ1) is 15.6. The highest BCUT2D eigenvalue weighted by Gasteiger charge is 2.38. The highest BCUT2D eigenvalue weighted by atomic mass is 16.5. The zero-order chi connectivity index (χ0) is 15.4. The molecular weight excluding hydrogens is 266 g/mol. The van der Waals surface area contributed by atoms with Gasteiger partial charge in [-0.25, -0.2) is 0 Å². The molecule has 1 amide bonds. The van der Waals surface area contributed by atoms with Crippen molar-refractivity contribution in [2.45, 2.75) is 32.4 Å². The molecule has 0 radical (unpaired) electrons. The molecule has 0 aliphatic carbocycles. The van der Waals surface area contributed by atoms with Gasteiger partial charge in [0.1, 0.15) is 0 Å². The lowest BCUT2D eigenvalue weighted by Gasteiger charge is -2.33. The molecule has 2 atom stereocenters. The van der Waals surface area contributed by atoms with E-state index >= 15 is 0 Å². The lowest BCUT2D eigenvalue weighted by molar-refractivity contribution is -0.133. The molecule has 0 spiro atoms. The van der Waals surface area contributed by atoms with Crippen LogP contribution in [0.15, 0.2) is 42.2 Å². The van der Waals surface area contributed by atoms with Crippen LogP contribution < -0.4 is 0 Å². The topological polar surface area (TPSA) is 49.8 Å². The second kappa shape index (κ2) is 6.76. The van der Waals surface area contributed by atoms with Crippen molar-refractivity contribution in [1.29, 1.82) is 0 Å². The Hall–Kier alpha value is -1.81. The van der Waals surface area contributed by atoms with Crippen LogP contribution in [0.25, 0.3) is 0 Å². The van der Waals surface area contributed by atoms with Crippen LogP contribution in [-0.4, -0.2) is 35.7 Å². The van der Waals surface area contributed by atoms with Crippen LogP contribution in [0.2, 0.25) is 0 Å². The molecule has 0 fully saturated rings. The molecule has 1 N–H and O–H groups in total. The van der Waals surface area contributed by atoms with Crippen LogP contribution in [0.5, 0.6) is 0 Å². The summed E-state index contributed by atoms with van der Waals surface area (Å²) < 4.78 is 5.18. The summed E-state index contributed by atoms with van der Waals surface area (Å²) in [6.07, 6.45) is 2.72. The van der Waals surface area contributed by atoms with Crippen LogP contribution in [0.4, 0.5) is 0 Å². The van der Waals surface area contributed by atoms with E-state index in [2.05, 4.69) is 13.8 Å². The lowest BCUT2D eigenvalue weighted by atomic mass is 10.00. The van der Waals surface area contributed by atoms with E-state index in [1.165, 1.54) is 7.11 Å². The fourth-order valence-corrected chi connectivity index (χ4v) is 2.83. The van der Waals surface area contributed by atoms with Gasteiger partial charge in [0.15, 0.2) is 5.76 Å². The summed E-state index contributed by atoms with van der Waals surface area (Å²) in [5.41, 5.74) is 0.938.